The van der Waals surface area contributed by atoms with Gasteiger partial charge in [0.25, 0.3) is 23.3 Å². The highest BCUT2D eigenvalue weighted by atomic mass is 19.4. The Morgan fingerprint density at radius 2 is 1.60 bits per heavy atom. The number of halogens is 3. The molecule has 4 aromatic heterocycles. The van der Waals surface area contributed by atoms with Gasteiger partial charge < -0.3 is 34.7 Å². The molecule has 4 amide bonds. The van der Waals surface area contributed by atoms with Crippen LogP contribution in [0, 0.1) is 5.41 Å². The number of aromatic nitrogens is 5. The number of carbonyl (C=O) groups is 4. The molecular weight excluding hydrogens is 1040 g/mol. The zero-order valence-electron chi connectivity index (χ0n) is 46.4. The number of piperazine rings is 1. The van der Waals surface area contributed by atoms with E-state index in [9.17, 15) is 42.3 Å². The molecule has 3 atom stereocenters. The Balaban J connectivity index is 0.768. The van der Waals surface area contributed by atoms with Crippen molar-refractivity contribution < 1.29 is 37.5 Å². The molecule has 0 radical (unpaired) electrons. The Bertz CT molecular complexity index is 3650. The van der Waals surface area contributed by atoms with Crippen LogP contribution in [0.25, 0.3) is 11.3 Å². The lowest BCUT2D eigenvalue weighted by Crippen LogP contribution is -2.58. The molecule has 3 N–H and O–H groups in total. The van der Waals surface area contributed by atoms with Gasteiger partial charge in [-0.05, 0) is 131 Å². The minimum Gasteiger partial charge on any atom is -0.392 e. The first-order chi connectivity index (χ1) is 38.5. The predicted octanol–water partition coefficient (Wildman–Crippen LogP) is 8.39. The van der Waals surface area contributed by atoms with E-state index in [0.29, 0.717) is 65.9 Å². The third-order valence-electron chi connectivity index (χ3n) is 17.0. The van der Waals surface area contributed by atoms with Crippen molar-refractivity contribution in [3.8, 4) is 11.3 Å². The molecule has 0 saturated carbocycles. The first-order valence-corrected chi connectivity index (χ1v) is 27.3. The topological polar surface area (TPSA) is 194 Å². The first-order valence-electron chi connectivity index (χ1n) is 27.3. The van der Waals surface area contributed by atoms with E-state index in [4.69, 9.17) is 4.98 Å². The Kier molecular flexibility index (Phi) is 13.8. The quantitative estimate of drug-likeness (QED) is 0.0782. The average molecular weight is 1110 g/mol. The maximum absolute atomic E-state index is 14.1. The van der Waals surface area contributed by atoms with E-state index in [2.05, 4.69) is 74.1 Å². The number of rotatable bonds is 12. The molecule has 1 unspecified atom stereocenters. The lowest BCUT2D eigenvalue weighted by atomic mass is 9.88. The summed E-state index contributed by atoms with van der Waals surface area (Å²) in [5.41, 5.74) is 4.33. The molecule has 11 rings (SSSR count). The van der Waals surface area contributed by atoms with E-state index in [1.54, 1.807) is 48.6 Å². The molecule has 21 heteroatoms. The van der Waals surface area contributed by atoms with Gasteiger partial charge >= 0.3 is 6.18 Å². The number of anilines is 7. The van der Waals surface area contributed by atoms with Crippen molar-refractivity contribution in [3.63, 3.8) is 0 Å². The lowest BCUT2D eigenvalue weighted by Gasteiger charge is -2.48. The summed E-state index contributed by atoms with van der Waals surface area (Å²) in [6, 6.07) is 17.2. The average Bonchev–Trinajstić information content (AvgIpc) is 3.61. The Morgan fingerprint density at radius 1 is 0.840 bits per heavy atom. The normalized spacial score (nSPS) is 20.1. The highest BCUT2D eigenvalue weighted by molar-refractivity contribution is 6.34. The zero-order valence-corrected chi connectivity index (χ0v) is 46.4. The molecule has 2 fully saturated rings. The van der Waals surface area contributed by atoms with Gasteiger partial charge in [0.1, 0.15) is 16.9 Å². The number of carbonyl (C=O) groups excluding carboxylic acids is 4. The summed E-state index contributed by atoms with van der Waals surface area (Å²) in [7, 11) is 1.61. The fraction of sp³-hybridized carbons (Fsp3) is 0.400. The van der Waals surface area contributed by atoms with Crippen molar-refractivity contribution in [2.45, 2.75) is 110 Å². The number of nitrogens with zero attached hydrogens (tertiary/aromatic N) is 10. The van der Waals surface area contributed by atoms with E-state index in [1.165, 1.54) is 34.2 Å². The van der Waals surface area contributed by atoms with Crippen LogP contribution in [0.1, 0.15) is 108 Å². The molecule has 81 heavy (non-hydrogen) atoms. The van der Waals surface area contributed by atoms with Crippen LogP contribution < -0.4 is 35.8 Å². The first kappa shape index (κ1) is 54.8. The summed E-state index contributed by atoms with van der Waals surface area (Å²) in [5.74, 6) is -1.49. The summed E-state index contributed by atoms with van der Waals surface area (Å²) in [6.45, 7) is 17.8. The Morgan fingerprint density at radius 3 is 2.33 bits per heavy atom. The second-order valence-electron chi connectivity index (χ2n) is 23.3. The van der Waals surface area contributed by atoms with E-state index in [-0.39, 0.29) is 57.8 Å². The zero-order chi connectivity index (χ0) is 57.6. The smallest absolute Gasteiger partial charge is 0.392 e. The van der Waals surface area contributed by atoms with Crippen LogP contribution in [0.5, 0.6) is 0 Å². The van der Waals surface area contributed by atoms with Crippen LogP contribution in [0.15, 0.2) is 96.7 Å². The van der Waals surface area contributed by atoms with Crippen LogP contribution >= 0.6 is 0 Å². The van der Waals surface area contributed by atoms with Gasteiger partial charge in [-0.15, -0.1) is 0 Å². The number of nitrogens with one attached hydrogen (secondary N) is 2. The number of alkyl halides is 3. The number of hydrogen-bond acceptors (Lipinski definition) is 13. The third kappa shape index (κ3) is 9.72. The van der Waals surface area contributed by atoms with Crippen LogP contribution in [0.3, 0.4) is 0 Å². The molecule has 0 bridgehead atoms. The SMILES string of the molecule is C=CC(=O)Nc1cc(Nc2nc(-c3ccnc(N4CCn5c(cc6c5CC(C)(C)C6)C4=O)c3CO)cn(C)c2=O)ccc1N1CCN(C2CCN(c3ccc4c(c3)C(=O)N(c3ccnc(C(C)(C)C(F)(F)F)c3)C4=O)[C@@H](C)C2)C[C@@H]1C. The summed E-state index contributed by atoms with van der Waals surface area (Å²) >= 11 is 0. The van der Waals surface area contributed by atoms with Gasteiger partial charge in [0.2, 0.25) is 5.91 Å². The molecule has 18 nitrogen and oxygen atoms in total. The second kappa shape index (κ2) is 20.4. The van der Waals surface area contributed by atoms with E-state index in [0.717, 1.165) is 75.0 Å². The van der Waals surface area contributed by atoms with Crippen molar-refractivity contribution >= 4 is 63.7 Å². The molecule has 2 saturated heterocycles. The fourth-order valence-corrected chi connectivity index (χ4v) is 12.6. The van der Waals surface area contributed by atoms with Crippen LogP contribution in [0.2, 0.25) is 0 Å². The highest BCUT2D eigenvalue weighted by Crippen LogP contribution is 2.43. The fourth-order valence-electron chi connectivity index (χ4n) is 12.6. The molecular formula is C60H65F3N12O6. The summed E-state index contributed by atoms with van der Waals surface area (Å²) in [4.78, 5) is 91.1. The Labute approximate surface area is 466 Å². The molecule has 5 aliphatic rings. The van der Waals surface area contributed by atoms with Crippen LogP contribution in [0.4, 0.5) is 53.2 Å². The number of fused-ring (bicyclic) bond motifs is 4. The molecule has 2 aromatic carbocycles. The number of piperidine rings is 1. The number of imide groups is 1. The standard InChI is InChI=1S/C60H65F3N12O6/c1-9-51(77)67-45-26-37(66-52-57(81)69(8)32-46(68-52)41-15-18-65-53(44(41)33-76)74-23-22-73-48(56(74)80)25-36-29-58(4,5)30-49(36)73)10-13-47(45)72-21-20-70(31-35(72)3)38-16-19-71(34(2)24-38)39-11-12-42-43(27-39)55(79)75(54(42)78)40-14-17-64-50(28-40)59(6,7)60(61,62)63/h9-15,17-18,25-28,32,34-35,38,76H,1,16,19-24,29-31,33H2,2-8H3,(H,66,68)(H,67,77)/t34-,35-,38?/m0/s1. The molecule has 1 aliphatic carbocycles. The van der Waals surface area contributed by atoms with Crippen molar-refractivity contribution in [3.05, 3.63) is 142 Å². The maximum atomic E-state index is 14.1. The Hall–Kier alpha value is -8.17. The molecule has 4 aliphatic heterocycles. The van der Waals surface area contributed by atoms with Crippen molar-refractivity contribution in [1.82, 2.24) is 29.0 Å². The lowest BCUT2D eigenvalue weighted by molar-refractivity contribution is -0.181. The number of aliphatic hydroxyl groups is 1. The second-order valence-corrected chi connectivity index (χ2v) is 23.3. The van der Waals surface area contributed by atoms with Gasteiger partial charge in [0, 0.05) is 111 Å². The number of benzene rings is 2. The largest absolute Gasteiger partial charge is 0.399 e. The van der Waals surface area contributed by atoms with E-state index >= 15 is 0 Å². The van der Waals surface area contributed by atoms with Gasteiger partial charge in [-0.3, -0.25) is 38.8 Å². The van der Waals surface area contributed by atoms with Gasteiger partial charge in [-0.25, -0.2) is 14.9 Å². The number of hydrogen-bond donors (Lipinski definition) is 3. The van der Waals surface area contributed by atoms with Gasteiger partial charge in [0.15, 0.2) is 5.82 Å². The minimum absolute atomic E-state index is 0.00158. The van der Waals surface area contributed by atoms with Crippen molar-refractivity contribution in [2.24, 2.45) is 12.5 Å². The molecule has 0 spiro atoms. The predicted molar refractivity (Wildman–Crippen MR) is 304 cm³/mol. The summed E-state index contributed by atoms with van der Waals surface area (Å²) in [6.07, 6.45) is 4.38. The third-order valence-corrected chi connectivity index (χ3v) is 17.0. The molecule has 8 heterocycles. The molecule has 6 aromatic rings. The number of aryl methyl sites for hydroxylation is 1. The van der Waals surface area contributed by atoms with Crippen molar-refractivity contribution in [2.75, 3.05) is 63.0 Å². The summed E-state index contributed by atoms with van der Waals surface area (Å²) in [5, 5.41) is 17.1. The number of amides is 4. The monoisotopic (exact) mass is 1110 g/mol. The van der Waals surface area contributed by atoms with Gasteiger partial charge in [0.05, 0.1) is 46.2 Å². The number of aliphatic hydroxyl groups excluding tert-OH is 1. The molecule has 422 valence electrons. The summed E-state index contributed by atoms with van der Waals surface area (Å²) < 4.78 is 45.3. The van der Waals surface area contributed by atoms with Crippen molar-refractivity contribution in [1.29, 1.82) is 0 Å². The van der Waals surface area contributed by atoms with Crippen LogP contribution in [-0.4, -0.2) is 115 Å². The van der Waals surface area contributed by atoms with Gasteiger partial charge in [-0.1, -0.05) is 20.4 Å². The number of pyridine rings is 2. The van der Waals surface area contributed by atoms with E-state index in [1.807, 2.05) is 24.3 Å². The highest BCUT2D eigenvalue weighted by Gasteiger charge is 2.50. The maximum Gasteiger partial charge on any atom is 0.399 e. The van der Waals surface area contributed by atoms with Crippen LogP contribution in [-0.2, 0) is 43.3 Å². The minimum atomic E-state index is -4.61. The van der Waals surface area contributed by atoms with Gasteiger partial charge in [-0.2, -0.15) is 13.2 Å². The van der Waals surface area contributed by atoms with E-state index < -0.39 is 41.5 Å².